The van der Waals surface area contributed by atoms with E-state index in [0.717, 1.165) is 5.32 Å². The lowest BCUT2D eigenvalue weighted by atomic mass is 9.99. The summed E-state index contributed by atoms with van der Waals surface area (Å²) in [4.78, 5) is 21.0. The molecule has 0 saturated carbocycles. The number of alkyl halides is 9. The van der Waals surface area contributed by atoms with Gasteiger partial charge in [-0.05, 0) is 6.07 Å². The maximum atomic E-state index is 14.0. The van der Waals surface area contributed by atoms with Crippen LogP contribution in [0, 0.1) is 10.1 Å². The van der Waals surface area contributed by atoms with Gasteiger partial charge in [-0.15, -0.1) is 0 Å². The summed E-state index contributed by atoms with van der Waals surface area (Å²) < 4.78 is 123. The minimum Gasteiger partial charge on any atom is -0.319 e. The van der Waals surface area contributed by atoms with Gasteiger partial charge in [-0.25, -0.2) is 0 Å². The molecule has 1 fully saturated rings. The molecule has 2 rings (SSSR count). The normalized spacial score (nSPS) is 25.4. The predicted octanol–water partition coefficient (Wildman–Crippen LogP) is 4.38. The van der Waals surface area contributed by atoms with Crippen molar-refractivity contribution in [2.75, 3.05) is 5.32 Å². The number of benzene rings is 1. The van der Waals surface area contributed by atoms with Crippen molar-refractivity contribution >= 4 is 28.9 Å². The number of nitrogens with zero attached hydrogens (tertiary/aromatic N) is 1. The number of nitrogens with one attached hydrogen (secondary N) is 1. The number of anilines is 1. The fraction of sp³-hybridized carbons (Fsp3) is 0.417. The summed E-state index contributed by atoms with van der Waals surface area (Å²) in [5.74, 6) is -29.4. The van der Waals surface area contributed by atoms with Gasteiger partial charge in [0.15, 0.2) is 0 Å². The highest BCUT2D eigenvalue weighted by Gasteiger charge is 2.96. The van der Waals surface area contributed by atoms with Gasteiger partial charge in [-0.2, -0.15) is 39.5 Å². The molecule has 1 saturated heterocycles. The largest absolute Gasteiger partial charge is 0.428 e. The lowest BCUT2D eigenvalue weighted by Crippen LogP contribution is -2.63. The number of nitro groups is 1. The zero-order chi connectivity index (χ0) is 21.9. The van der Waals surface area contributed by atoms with Crippen molar-refractivity contribution in [3.63, 3.8) is 0 Å². The minimum atomic E-state index is -6.83. The van der Waals surface area contributed by atoms with Crippen molar-refractivity contribution < 1.29 is 54.0 Å². The van der Waals surface area contributed by atoms with Crippen LogP contribution < -0.4 is 5.32 Å². The van der Waals surface area contributed by atoms with E-state index in [1.54, 1.807) is 0 Å². The molecule has 28 heavy (non-hydrogen) atoms. The first kappa shape index (κ1) is 22.0. The zero-order valence-corrected chi connectivity index (χ0v) is 13.3. The molecule has 1 atom stereocenters. The number of rotatable bonds is 4. The third-order valence-corrected chi connectivity index (χ3v) is 3.85. The van der Waals surface area contributed by atoms with Crippen molar-refractivity contribution in [1.82, 2.24) is 0 Å². The van der Waals surface area contributed by atoms with E-state index < -0.39 is 57.0 Å². The Morgan fingerprint density at radius 1 is 1.11 bits per heavy atom. The summed E-state index contributed by atoms with van der Waals surface area (Å²) in [6.45, 7) is 0. The Morgan fingerprint density at radius 3 is 2.04 bits per heavy atom. The second kappa shape index (κ2) is 6.10. The van der Waals surface area contributed by atoms with Gasteiger partial charge in [0.05, 0.1) is 15.6 Å². The van der Waals surface area contributed by atoms with Gasteiger partial charge in [0, 0.05) is 12.1 Å². The number of nitro benzene ring substituents is 1. The Bertz CT molecular complexity index is 850. The highest BCUT2D eigenvalue weighted by molar-refractivity contribution is 6.34. The van der Waals surface area contributed by atoms with Gasteiger partial charge in [0.25, 0.3) is 5.69 Å². The SMILES string of the molecule is O=C(Nc1ccc([N+](=O)[O-])cc1Cl)C(F)(F)C1(F)OC(F)(F)C(F)(F)C1(F)F. The Hall–Kier alpha value is -2.29. The molecular weight excluding hydrogens is 443 g/mol. The fourth-order valence-corrected chi connectivity index (χ4v) is 2.24. The summed E-state index contributed by atoms with van der Waals surface area (Å²) in [6.07, 6.45) is -6.38. The van der Waals surface area contributed by atoms with Crippen LogP contribution in [0.15, 0.2) is 18.2 Å². The second-order valence-corrected chi connectivity index (χ2v) is 5.72. The average molecular weight is 447 g/mol. The third kappa shape index (κ3) is 2.75. The van der Waals surface area contributed by atoms with E-state index in [-0.39, 0.29) is 0 Å². The number of non-ortho nitro benzene ring substituents is 1. The number of hydrogen-bond acceptors (Lipinski definition) is 4. The van der Waals surface area contributed by atoms with Crippen LogP contribution in [0.3, 0.4) is 0 Å². The summed E-state index contributed by atoms with van der Waals surface area (Å²) in [5.41, 5.74) is -1.64. The van der Waals surface area contributed by atoms with E-state index in [0.29, 0.717) is 18.2 Å². The maximum Gasteiger partial charge on any atom is 0.428 e. The van der Waals surface area contributed by atoms with Crippen molar-refractivity contribution in [1.29, 1.82) is 0 Å². The number of halogens is 10. The van der Waals surface area contributed by atoms with Gasteiger partial charge >= 0.3 is 35.6 Å². The molecule has 1 aliphatic rings. The first-order chi connectivity index (χ1) is 12.4. The highest BCUT2D eigenvalue weighted by Crippen LogP contribution is 2.64. The molecule has 6 nitrogen and oxygen atoms in total. The molecule has 0 bridgehead atoms. The van der Waals surface area contributed by atoms with Crippen LogP contribution >= 0.6 is 11.6 Å². The minimum absolute atomic E-state index is 0.503. The molecule has 0 radical (unpaired) electrons. The van der Waals surface area contributed by atoms with Crippen molar-refractivity contribution in [2.45, 2.75) is 29.7 Å². The Balaban J connectivity index is 2.42. The summed E-state index contributed by atoms with van der Waals surface area (Å²) in [5, 5.41) is 10.7. The molecule has 0 spiro atoms. The van der Waals surface area contributed by atoms with Crippen LogP contribution in [0.1, 0.15) is 0 Å². The molecule has 1 aliphatic heterocycles. The van der Waals surface area contributed by atoms with Crippen LogP contribution in [0.2, 0.25) is 5.02 Å². The van der Waals surface area contributed by atoms with Gasteiger partial charge in [0.1, 0.15) is 0 Å². The first-order valence-corrected chi connectivity index (χ1v) is 6.96. The Morgan fingerprint density at radius 2 is 1.64 bits per heavy atom. The smallest absolute Gasteiger partial charge is 0.319 e. The van der Waals surface area contributed by atoms with E-state index >= 15 is 0 Å². The highest BCUT2D eigenvalue weighted by atomic mass is 35.5. The van der Waals surface area contributed by atoms with Crippen LogP contribution in [0.25, 0.3) is 0 Å². The number of carbonyl (C=O) groups is 1. The molecule has 156 valence electrons. The lowest BCUT2D eigenvalue weighted by Gasteiger charge is -2.31. The monoisotopic (exact) mass is 446 g/mol. The number of amides is 1. The Labute approximate surface area is 152 Å². The molecule has 1 N–H and O–H groups in total. The maximum absolute atomic E-state index is 14.0. The summed E-state index contributed by atoms with van der Waals surface area (Å²) >= 11 is 5.43. The molecule has 16 heteroatoms. The van der Waals surface area contributed by atoms with Crippen LogP contribution in [-0.4, -0.2) is 40.6 Å². The van der Waals surface area contributed by atoms with E-state index in [4.69, 9.17) is 11.6 Å². The average Bonchev–Trinajstić information content (AvgIpc) is 2.64. The first-order valence-electron chi connectivity index (χ1n) is 6.58. The Kier molecular flexibility index (Phi) is 4.80. The van der Waals surface area contributed by atoms with E-state index in [1.165, 1.54) is 0 Å². The van der Waals surface area contributed by atoms with Gasteiger partial charge in [0.2, 0.25) is 0 Å². The molecular formula is C12H4ClF9N2O4. The van der Waals surface area contributed by atoms with Crippen molar-refractivity contribution in [3.05, 3.63) is 33.3 Å². The molecule has 0 aliphatic carbocycles. The standard InChI is InChI=1S/C12H4ClF9N2O4/c13-5-3-4(24(26)27)1-2-6(5)23-7(25)8(14,15)11(20)9(16,17)10(18,19)12(21,22)28-11/h1-3H,(H,23,25). The van der Waals surface area contributed by atoms with E-state index in [9.17, 15) is 54.4 Å². The van der Waals surface area contributed by atoms with Crippen LogP contribution in [-0.2, 0) is 9.53 Å². The number of carbonyl (C=O) groups excluding carboxylic acids is 1. The number of ether oxygens (including phenoxy) is 1. The quantitative estimate of drug-likeness (QED) is 0.423. The van der Waals surface area contributed by atoms with Crippen molar-refractivity contribution in [3.8, 4) is 0 Å². The third-order valence-electron chi connectivity index (χ3n) is 3.53. The molecule has 1 aromatic carbocycles. The van der Waals surface area contributed by atoms with E-state index in [2.05, 4.69) is 4.74 Å². The summed E-state index contributed by atoms with van der Waals surface area (Å²) in [7, 11) is 0. The molecule has 1 heterocycles. The molecule has 1 aromatic rings. The van der Waals surface area contributed by atoms with Gasteiger partial charge < -0.3 is 5.32 Å². The van der Waals surface area contributed by atoms with Crippen LogP contribution in [0.4, 0.5) is 50.9 Å². The topological polar surface area (TPSA) is 81.5 Å². The molecule has 1 unspecified atom stereocenters. The van der Waals surface area contributed by atoms with Crippen LogP contribution in [0.5, 0.6) is 0 Å². The molecule has 0 aromatic heterocycles. The number of hydrogen-bond donors (Lipinski definition) is 1. The van der Waals surface area contributed by atoms with Gasteiger partial charge in [-0.1, -0.05) is 11.6 Å². The second-order valence-electron chi connectivity index (χ2n) is 5.31. The fourth-order valence-electron chi connectivity index (χ4n) is 2.02. The summed E-state index contributed by atoms with van der Waals surface area (Å²) in [6, 6.07) is 1.60. The zero-order valence-electron chi connectivity index (χ0n) is 12.6. The lowest BCUT2D eigenvalue weighted by molar-refractivity contribution is -0.384. The van der Waals surface area contributed by atoms with E-state index in [1.807, 2.05) is 0 Å². The molecule has 1 amide bonds. The van der Waals surface area contributed by atoms with Gasteiger partial charge in [-0.3, -0.25) is 19.6 Å². The predicted molar refractivity (Wildman–Crippen MR) is 71.4 cm³/mol. The van der Waals surface area contributed by atoms with Crippen molar-refractivity contribution in [2.24, 2.45) is 0 Å².